The molecule has 8 heteroatoms. The van der Waals surface area contributed by atoms with Crippen molar-refractivity contribution in [2.45, 2.75) is 13.0 Å². The molecule has 2 amide bonds. The molecule has 0 spiro atoms. The number of urea groups is 1. The second-order valence-corrected chi connectivity index (χ2v) is 6.91. The van der Waals surface area contributed by atoms with Crippen molar-refractivity contribution in [3.8, 4) is 5.75 Å². The summed E-state index contributed by atoms with van der Waals surface area (Å²) in [6.45, 7) is 4.53. The van der Waals surface area contributed by atoms with Gasteiger partial charge < -0.3 is 24.8 Å². The Bertz CT molecular complexity index is 681. The van der Waals surface area contributed by atoms with Gasteiger partial charge in [0.15, 0.2) is 0 Å². The van der Waals surface area contributed by atoms with Crippen LogP contribution in [0.15, 0.2) is 18.2 Å². The van der Waals surface area contributed by atoms with Crippen LogP contribution in [-0.4, -0.2) is 79.5 Å². The number of aryl methyl sites for hydroxylation is 1. The number of carbonyl (C=O) groups is 2. The molecule has 2 N–H and O–H groups in total. The van der Waals surface area contributed by atoms with E-state index in [-0.39, 0.29) is 24.5 Å². The van der Waals surface area contributed by atoms with E-state index >= 15 is 0 Å². The molecule has 2 aliphatic rings. The topological polar surface area (TPSA) is 91.3 Å². The predicted octanol–water partition coefficient (Wildman–Crippen LogP) is 1.25. The molecule has 0 unspecified atom stereocenters. The van der Waals surface area contributed by atoms with Gasteiger partial charge in [-0.2, -0.15) is 0 Å². The minimum Gasteiger partial charge on any atom is -0.497 e. The molecule has 0 aliphatic carbocycles. The maximum Gasteiger partial charge on any atom is 0.322 e. The number of nitrogens with one attached hydrogen (secondary N) is 1. The van der Waals surface area contributed by atoms with E-state index in [0.29, 0.717) is 32.8 Å². The molecule has 142 valence electrons. The van der Waals surface area contributed by atoms with Crippen molar-refractivity contribution in [2.75, 3.05) is 51.8 Å². The van der Waals surface area contributed by atoms with Crippen LogP contribution in [0.25, 0.3) is 0 Å². The second kappa shape index (κ2) is 7.92. The highest BCUT2D eigenvalue weighted by atomic mass is 16.5. The first-order chi connectivity index (χ1) is 12.5. The number of amides is 2. The Balaban J connectivity index is 1.73. The maximum atomic E-state index is 12.9. The van der Waals surface area contributed by atoms with Gasteiger partial charge in [-0.1, -0.05) is 0 Å². The van der Waals surface area contributed by atoms with Gasteiger partial charge in [-0.25, -0.2) is 4.79 Å². The van der Waals surface area contributed by atoms with Crippen LogP contribution in [0.5, 0.6) is 5.75 Å². The van der Waals surface area contributed by atoms with Crippen molar-refractivity contribution in [3.63, 3.8) is 0 Å². The SMILES string of the molecule is COc1ccc(NC(=O)N2C[C@H]3COC[C@@H]2CN(CC(=O)O)C3)c(C)c1. The molecule has 0 aromatic heterocycles. The van der Waals surface area contributed by atoms with E-state index in [1.165, 1.54) is 0 Å². The monoisotopic (exact) mass is 363 g/mol. The first-order valence-corrected chi connectivity index (χ1v) is 8.70. The number of carbonyl (C=O) groups excluding carboxylic acids is 1. The molecule has 3 rings (SSSR count). The molecule has 1 aromatic carbocycles. The number of nitrogens with zero attached hydrogens (tertiary/aromatic N) is 2. The van der Waals surface area contributed by atoms with Crippen molar-refractivity contribution >= 4 is 17.7 Å². The molecular weight excluding hydrogens is 338 g/mol. The fourth-order valence-corrected chi connectivity index (χ4v) is 3.60. The summed E-state index contributed by atoms with van der Waals surface area (Å²) in [5, 5.41) is 12.1. The Kier molecular flexibility index (Phi) is 5.63. The molecule has 2 aliphatic heterocycles. The minimum atomic E-state index is -0.851. The quantitative estimate of drug-likeness (QED) is 0.837. The van der Waals surface area contributed by atoms with Crippen molar-refractivity contribution in [2.24, 2.45) is 5.92 Å². The summed E-state index contributed by atoms with van der Waals surface area (Å²) in [5.74, 6) is -0.0100. The number of benzene rings is 1. The summed E-state index contributed by atoms with van der Waals surface area (Å²) in [6.07, 6.45) is 0. The molecule has 1 aromatic rings. The van der Waals surface area contributed by atoms with Crippen LogP contribution in [0.4, 0.5) is 10.5 Å². The Labute approximate surface area is 152 Å². The molecular formula is C18H25N3O5. The summed E-state index contributed by atoms with van der Waals surface area (Å²) in [6, 6.07) is 5.15. The van der Waals surface area contributed by atoms with Crippen LogP contribution in [0.3, 0.4) is 0 Å². The maximum absolute atomic E-state index is 12.9. The van der Waals surface area contributed by atoms with E-state index in [1.54, 1.807) is 18.1 Å². The lowest BCUT2D eigenvalue weighted by molar-refractivity contribution is -0.138. The van der Waals surface area contributed by atoms with Gasteiger partial charge in [-0.3, -0.25) is 9.69 Å². The number of hydrogen-bond donors (Lipinski definition) is 2. The molecule has 0 radical (unpaired) electrons. The summed E-state index contributed by atoms with van der Waals surface area (Å²) in [4.78, 5) is 27.6. The fourth-order valence-electron chi connectivity index (χ4n) is 3.60. The van der Waals surface area contributed by atoms with Crippen molar-refractivity contribution in [3.05, 3.63) is 23.8 Å². The average molecular weight is 363 g/mol. The molecule has 2 saturated heterocycles. The normalized spacial score (nSPS) is 23.2. The number of carboxylic acid groups (broad SMARTS) is 1. The molecule has 2 fully saturated rings. The number of aliphatic carboxylic acids is 1. The third-order valence-electron chi connectivity index (χ3n) is 4.84. The minimum absolute atomic E-state index is 0.0138. The molecule has 2 heterocycles. The number of rotatable bonds is 4. The van der Waals surface area contributed by atoms with Crippen molar-refractivity contribution < 1.29 is 24.2 Å². The summed E-state index contributed by atoms with van der Waals surface area (Å²) >= 11 is 0. The first kappa shape index (κ1) is 18.5. The van der Waals surface area contributed by atoms with Gasteiger partial charge in [-0.15, -0.1) is 0 Å². The van der Waals surface area contributed by atoms with E-state index in [2.05, 4.69) is 5.32 Å². The van der Waals surface area contributed by atoms with Crippen molar-refractivity contribution in [1.29, 1.82) is 0 Å². The largest absolute Gasteiger partial charge is 0.497 e. The van der Waals surface area contributed by atoms with Gasteiger partial charge in [-0.05, 0) is 30.7 Å². The zero-order valence-electron chi connectivity index (χ0n) is 15.1. The smallest absolute Gasteiger partial charge is 0.322 e. The zero-order valence-corrected chi connectivity index (χ0v) is 15.1. The number of fused-ring (bicyclic) bond motifs is 3. The lowest BCUT2D eigenvalue weighted by Crippen LogP contribution is -2.48. The number of anilines is 1. The van der Waals surface area contributed by atoms with Gasteiger partial charge in [0.2, 0.25) is 0 Å². The van der Waals surface area contributed by atoms with Crippen LogP contribution >= 0.6 is 0 Å². The van der Waals surface area contributed by atoms with E-state index in [4.69, 9.17) is 14.6 Å². The average Bonchev–Trinajstić information content (AvgIpc) is 2.86. The predicted molar refractivity (Wildman–Crippen MR) is 95.6 cm³/mol. The fraction of sp³-hybridized carbons (Fsp3) is 0.556. The molecule has 26 heavy (non-hydrogen) atoms. The van der Waals surface area contributed by atoms with Gasteiger partial charge in [0.25, 0.3) is 0 Å². The summed E-state index contributed by atoms with van der Waals surface area (Å²) in [5.41, 5.74) is 1.65. The second-order valence-electron chi connectivity index (χ2n) is 6.91. The Morgan fingerprint density at radius 2 is 2.12 bits per heavy atom. The summed E-state index contributed by atoms with van der Waals surface area (Å²) < 4.78 is 10.9. The van der Waals surface area contributed by atoms with E-state index in [1.807, 2.05) is 24.0 Å². The van der Waals surface area contributed by atoms with E-state index in [9.17, 15) is 9.59 Å². The zero-order chi connectivity index (χ0) is 18.7. The van der Waals surface area contributed by atoms with E-state index < -0.39 is 5.97 Å². The standard InChI is InChI=1S/C18H25N3O5/c1-12-5-15(25-2)3-4-16(12)19-18(24)21-7-13-6-20(9-17(22)23)8-14(21)11-26-10-13/h3-5,13-14H,6-11H2,1-2H3,(H,19,24)(H,22,23)/t13-,14-/m0/s1. The number of hydrogen-bond acceptors (Lipinski definition) is 5. The van der Waals surface area contributed by atoms with Crippen LogP contribution in [0, 0.1) is 12.8 Å². The first-order valence-electron chi connectivity index (χ1n) is 8.70. The lowest BCUT2D eigenvalue weighted by atomic mass is 10.1. The Hall–Kier alpha value is -2.32. The number of ether oxygens (including phenoxy) is 2. The van der Waals surface area contributed by atoms with Crippen LogP contribution in [0.1, 0.15) is 5.56 Å². The van der Waals surface area contributed by atoms with Crippen LogP contribution in [0.2, 0.25) is 0 Å². The van der Waals surface area contributed by atoms with E-state index in [0.717, 1.165) is 17.0 Å². The highest BCUT2D eigenvalue weighted by Crippen LogP contribution is 2.24. The lowest BCUT2D eigenvalue weighted by Gasteiger charge is -2.30. The molecule has 8 nitrogen and oxygen atoms in total. The van der Waals surface area contributed by atoms with Gasteiger partial charge >= 0.3 is 12.0 Å². The number of carboxylic acids is 1. The van der Waals surface area contributed by atoms with Gasteiger partial charge in [0.05, 0.1) is 32.9 Å². The third kappa shape index (κ3) is 4.25. The Morgan fingerprint density at radius 1 is 1.31 bits per heavy atom. The van der Waals surface area contributed by atoms with Crippen LogP contribution < -0.4 is 10.1 Å². The molecule has 2 atom stereocenters. The third-order valence-corrected chi connectivity index (χ3v) is 4.84. The molecule has 2 bridgehead atoms. The van der Waals surface area contributed by atoms with Gasteiger partial charge in [0.1, 0.15) is 5.75 Å². The Morgan fingerprint density at radius 3 is 2.81 bits per heavy atom. The summed E-state index contributed by atoms with van der Waals surface area (Å²) in [7, 11) is 1.60. The van der Waals surface area contributed by atoms with Crippen LogP contribution in [-0.2, 0) is 9.53 Å². The van der Waals surface area contributed by atoms with Crippen molar-refractivity contribution in [1.82, 2.24) is 9.80 Å². The highest BCUT2D eigenvalue weighted by molar-refractivity contribution is 5.90. The molecule has 0 saturated carbocycles. The van der Waals surface area contributed by atoms with Gasteiger partial charge in [0, 0.05) is 31.2 Å². The highest BCUT2D eigenvalue weighted by Gasteiger charge is 2.36. The number of methoxy groups -OCH3 is 1.